The Hall–Kier alpha value is -2.54. The van der Waals surface area contributed by atoms with Crippen LogP contribution in [0.15, 0.2) is 42.2 Å². The van der Waals surface area contributed by atoms with Gasteiger partial charge in [0.1, 0.15) is 5.69 Å². The average Bonchev–Trinajstić information content (AvgIpc) is 3.17. The van der Waals surface area contributed by atoms with Gasteiger partial charge in [-0.25, -0.2) is 15.0 Å². The average molecular weight is 285 g/mol. The topological polar surface area (TPSA) is 83.6 Å². The minimum atomic E-state index is -0.152. The fourth-order valence-corrected chi connectivity index (χ4v) is 2.40. The first-order valence-corrected chi connectivity index (χ1v) is 6.84. The maximum Gasteiger partial charge on any atom is 0.268 e. The molecule has 0 radical (unpaired) electrons. The van der Waals surface area contributed by atoms with Crippen LogP contribution in [0, 0.1) is 0 Å². The van der Waals surface area contributed by atoms with Crippen LogP contribution in [0.3, 0.4) is 0 Å². The van der Waals surface area contributed by atoms with Gasteiger partial charge in [0.2, 0.25) is 0 Å². The van der Waals surface area contributed by atoms with E-state index < -0.39 is 0 Å². The number of carbonyl (C=O) groups excluding carboxylic acids is 1. The number of nitrogens with one attached hydrogen (secondary N) is 2. The largest absolute Gasteiger partial charge is 0.357 e. The molecule has 6 nitrogen and oxygen atoms in total. The standard InChI is InChI=1S/C13H11N5OS/c19-12(10-3-1-4-14-10)17-7-9-8-20-13(18-9)11-15-5-2-6-16-11/h1-6,8,14H,7H2,(H,17,19). The summed E-state index contributed by atoms with van der Waals surface area (Å²) in [5.74, 6) is 0.444. The number of aromatic amines is 1. The van der Waals surface area contributed by atoms with Crippen molar-refractivity contribution < 1.29 is 4.79 Å². The Kier molecular flexibility index (Phi) is 3.51. The first-order chi connectivity index (χ1) is 9.83. The van der Waals surface area contributed by atoms with Crippen LogP contribution >= 0.6 is 11.3 Å². The smallest absolute Gasteiger partial charge is 0.268 e. The minimum absolute atomic E-state index is 0.152. The van der Waals surface area contributed by atoms with Crippen LogP contribution in [0.1, 0.15) is 16.2 Å². The van der Waals surface area contributed by atoms with Crippen molar-refractivity contribution in [1.82, 2.24) is 25.3 Å². The van der Waals surface area contributed by atoms with Gasteiger partial charge >= 0.3 is 0 Å². The third-order valence-corrected chi connectivity index (χ3v) is 3.47. The van der Waals surface area contributed by atoms with E-state index >= 15 is 0 Å². The van der Waals surface area contributed by atoms with Crippen LogP contribution in [0.2, 0.25) is 0 Å². The lowest BCUT2D eigenvalue weighted by Crippen LogP contribution is -2.23. The molecule has 2 N–H and O–H groups in total. The lowest BCUT2D eigenvalue weighted by Gasteiger charge is -2.00. The van der Waals surface area contributed by atoms with E-state index in [9.17, 15) is 4.79 Å². The predicted molar refractivity (Wildman–Crippen MR) is 75.1 cm³/mol. The van der Waals surface area contributed by atoms with Crippen molar-refractivity contribution in [3.63, 3.8) is 0 Å². The Morgan fingerprint density at radius 1 is 1.30 bits per heavy atom. The molecule has 0 fully saturated rings. The lowest BCUT2D eigenvalue weighted by molar-refractivity contribution is 0.0946. The maximum atomic E-state index is 11.8. The van der Waals surface area contributed by atoms with E-state index in [4.69, 9.17) is 0 Å². The van der Waals surface area contributed by atoms with Gasteiger partial charge in [0.05, 0.1) is 12.2 Å². The molecule has 0 aliphatic rings. The van der Waals surface area contributed by atoms with E-state index in [0.717, 1.165) is 10.7 Å². The van der Waals surface area contributed by atoms with Crippen LogP contribution in [0.5, 0.6) is 0 Å². The van der Waals surface area contributed by atoms with E-state index in [1.165, 1.54) is 11.3 Å². The molecule has 0 aromatic carbocycles. The van der Waals surface area contributed by atoms with Gasteiger partial charge in [-0.15, -0.1) is 11.3 Å². The Morgan fingerprint density at radius 3 is 2.90 bits per heavy atom. The highest BCUT2D eigenvalue weighted by Crippen LogP contribution is 2.19. The zero-order chi connectivity index (χ0) is 13.8. The second-order valence-electron chi connectivity index (χ2n) is 3.98. The fourth-order valence-electron chi connectivity index (χ4n) is 1.64. The van der Waals surface area contributed by atoms with Crippen LogP contribution in [-0.4, -0.2) is 25.8 Å². The summed E-state index contributed by atoms with van der Waals surface area (Å²) in [5.41, 5.74) is 1.32. The summed E-state index contributed by atoms with van der Waals surface area (Å²) in [6, 6.07) is 5.26. The molecule has 0 unspecified atom stereocenters. The zero-order valence-corrected chi connectivity index (χ0v) is 11.2. The molecule has 0 atom stereocenters. The Morgan fingerprint density at radius 2 is 2.15 bits per heavy atom. The summed E-state index contributed by atoms with van der Waals surface area (Å²) in [7, 11) is 0. The highest BCUT2D eigenvalue weighted by molar-refractivity contribution is 7.13. The molecule has 0 aliphatic carbocycles. The third kappa shape index (κ3) is 2.72. The van der Waals surface area contributed by atoms with Crippen molar-refractivity contribution in [2.45, 2.75) is 6.54 Å². The number of hydrogen-bond acceptors (Lipinski definition) is 5. The molecule has 0 saturated heterocycles. The Labute approximate surface area is 118 Å². The van der Waals surface area contributed by atoms with E-state index in [2.05, 4.69) is 25.3 Å². The molecule has 20 heavy (non-hydrogen) atoms. The summed E-state index contributed by atoms with van der Waals surface area (Å²) in [6.07, 6.45) is 5.06. The normalized spacial score (nSPS) is 10.4. The molecular formula is C13H11N5OS. The van der Waals surface area contributed by atoms with Crippen molar-refractivity contribution >= 4 is 17.2 Å². The molecule has 0 spiro atoms. The van der Waals surface area contributed by atoms with Crippen LogP contribution in [0.25, 0.3) is 10.8 Å². The minimum Gasteiger partial charge on any atom is -0.357 e. The molecule has 0 aliphatic heterocycles. The van der Waals surface area contributed by atoms with Crippen molar-refractivity contribution in [3.8, 4) is 10.8 Å². The Bertz CT molecular complexity index is 693. The van der Waals surface area contributed by atoms with E-state index in [-0.39, 0.29) is 5.91 Å². The maximum absolute atomic E-state index is 11.8. The second kappa shape index (κ2) is 5.62. The molecule has 0 saturated carbocycles. The first-order valence-electron chi connectivity index (χ1n) is 5.96. The molecular weight excluding hydrogens is 274 g/mol. The summed E-state index contributed by atoms with van der Waals surface area (Å²) < 4.78 is 0. The predicted octanol–water partition coefficient (Wildman–Crippen LogP) is 1.86. The monoisotopic (exact) mass is 285 g/mol. The van der Waals surface area contributed by atoms with Crippen molar-refractivity contribution in [2.24, 2.45) is 0 Å². The number of hydrogen-bond donors (Lipinski definition) is 2. The molecule has 0 bridgehead atoms. The van der Waals surface area contributed by atoms with E-state index in [1.54, 1.807) is 36.8 Å². The third-order valence-electron chi connectivity index (χ3n) is 2.58. The van der Waals surface area contributed by atoms with Crippen molar-refractivity contribution in [3.05, 3.63) is 53.6 Å². The number of aromatic nitrogens is 4. The van der Waals surface area contributed by atoms with E-state index in [0.29, 0.717) is 18.1 Å². The SMILES string of the molecule is O=C(NCc1csc(-c2ncccn2)n1)c1ccc[nH]1. The quantitative estimate of drug-likeness (QED) is 0.766. The number of amides is 1. The van der Waals surface area contributed by atoms with Gasteiger partial charge in [-0.3, -0.25) is 4.79 Å². The number of thiazole rings is 1. The van der Waals surface area contributed by atoms with Gasteiger partial charge < -0.3 is 10.3 Å². The molecule has 3 rings (SSSR count). The second-order valence-corrected chi connectivity index (χ2v) is 4.84. The molecule has 3 aromatic rings. The van der Waals surface area contributed by atoms with Crippen LogP contribution in [-0.2, 0) is 6.54 Å². The van der Waals surface area contributed by atoms with Gasteiger partial charge in [0.25, 0.3) is 5.91 Å². The van der Waals surface area contributed by atoms with Gasteiger partial charge in [0.15, 0.2) is 10.8 Å². The van der Waals surface area contributed by atoms with Crippen LogP contribution < -0.4 is 5.32 Å². The van der Waals surface area contributed by atoms with Gasteiger partial charge in [-0.2, -0.15) is 0 Å². The fraction of sp³-hybridized carbons (Fsp3) is 0.0769. The molecule has 100 valence electrons. The first kappa shape index (κ1) is 12.5. The van der Waals surface area contributed by atoms with Gasteiger partial charge in [0, 0.05) is 24.0 Å². The molecule has 3 aromatic heterocycles. The number of H-pyrrole nitrogens is 1. The highest BCUT2D eigenvalue weighted by Gasteiger charge is 2.09. The number of carbonyl (C=O) groups is 1. The summed E-state index contributed by atoms with van der Waals surface area (Å²) in [4.78, 5) is 27.3. The zero-order valence-electron chi connectivity index (χ0n) is 10.4. The van der Waals surface area contributed by atoms with Crippen molar-refractivity contribution in [2.75, 3.05) is 0 Å². The molecule has 3 heterocycles. The number of rotatable bonds is 4. The Balaban J connectivity index is 1.65. The van der Waals surface area contributed by atoms with Crippen LogP contribution in [0.4, 0.5) is 0 Å². The highest BCUT2D eigenvalue weighted by atomic mass is 32.1. The molecule has 7 heteroatoms. The van der Waals surface area contributed by atoms with E-state index in [1.807, 2.05) is 5.38 Å². The summed E-state index contributed by atoms with van der Waals surface area (Å²) >= 11 is 1.46. The van der Waals surface area contributed by atoms with Crippen molar-refractivity contribution in [1.29, 1.82) is 0 Å². The lowest BCUT2D eigenvalue weighted by atomic mass is 10.4. The molecule has 1 amide bonds. The summed E-state index contributed by atoms with van der Waals surface area (Å²) in [6.45, 7) is 0.376. The van der Waals surface area contributed by atoms with Gasteiger partial charge in [-0.1, -0.05) is 0 Å². The summed E-state index contributed by atoms with van der Waals surface area (Å²) in [5, 5.41) is 5.43. The number of nitrogens with zero attached hydrogens (tertiary/aromatic N) is 3. The van der Waals surface area contributed by atoms with Gasteiger partial charge in [-0.05, 0) is 18.2 Å².